The second kappa shape index (κ2) is 6.38. The first kappa shape index (κ1) is 16.5. The third-order valence-electron chi connectivity index (χ3n) is 5.27. The molecule has 4 rings (SSSR count). The number of nitrogens with zero attached hydrogens (tertiary/aromatic N) is 2. The molecule has 0 unspecified atom stereocenters. The van der Waals surface area contributed by atoms with Crippen LogP contribution < -0.4 is 4.90 Å². The number of ether oxygens (including phenoxy) is 2. The van der Waals surface area contributed by atoms with Gasteiger partial charge in [0.25, 0.3) is 0 Å². The van der Waals surface area contributed by atoms with Gasteiger partial charge in [0.15, 0.2) is 5.79 Å². The van der Waals surface area contributed by atoms with Crippen molar-refractivity contribution in [3.63, 3.8) is 0 Å². The van der Waals surface area contributed by atoms with E-state index in [9.17, 15) is 14.0 Å². The number of hydrogen-bond donors (Lipinski definition) is 0. The normalized spacial score (nSPS) is 25.8. The van der Waals surface area contributed by atoms with E-state index in [1.54, 1.807) is 23.1 Å². The van der Waals surface area contributed by atoms with E-state index >= 15 is 0 Å². The highest BCUT2D eigenvalue weighted by Gasteiger charge is 2.43. The summed E-state index contributed by atoms with van der Waals surface area (Å²) in [5, 5.41) is 0. The lowest BCUT2D eigenvalue weighted by molar-refractivity contribution is -0.188. The minimum atomic E-state index is -0.526. The molecule has 0 radical (unpaired) electrons. The Labute approximate surface area is 145 Å². The van der Waals surface area contributed by atoms with Gasteiger partial charge in [0.05, 0.1) is 24.8 Å². The van der Waals surface area contributed by atoms with Gasteiger partial charge in [0.1, 0.15) is 5.82 Å². The molecule has 3 saturated heterocycles. The Bertz CT molecular complexity index is 679. The van der Waals surface area contributed by atoms with Gasteiger partial charge < -0.3 is 19.3 Å². The molecule has 6 nitrogen and oxygen atoms in total. The van der Waals surface area contributed by atoms with Gasteiger partial charge in [-0.15, -0.1) is 0 Å². The van der Waals surface area contributed by atoms with E-state index in [2.05, 4.69) is 0 Å². The molecule has 134 valence electrons. The van der Waals surface area contributed by atoms with Gasteiger partial charge >= 0.3 is 0 Å². The molecule has 0 bridgehead atoms. The first-order valence-corrected chi connectivity index (χ1v) is 8.70. The summed E-state index contributed by atoms with van der Waals surface area (Å²) < 4.78 is 25.3. The van der Waals surface area contributed by atoms with E-state index in [1.165, 1.54) is 11.0 Å². The van der Waals surface area contributed by atoms with Gasteiger partial charge in [-0.1, -0.05) is 12.1 Å². The van der Waals surface area contributed by atoms with Crippen LogP contribution in [0, 0.1) is 11.7 Å². The summed E-state index contributed by atoms with van der Waals surface area (Å²) in [6.07, 6.45) is 1.43. The molecule has 3 fully saturated rings. The summed E-state index contributed by atoms with van der Waals surface area (Å²) in [5.74, 6) is -1.65. The second-order valence-electron chi connectivity index (χ2n) is 6.79. The van der Waals surface area contributed by atoms with Crippen LogP contribution in [-0.2, 0) is 19.1 Å². The lowest BCUT2D eigenvalue weighted by Gasteiger charge is -2.38. The highest BCUT2D eigenvalue weighted by atomic mass is 19.1. The van der Waals surface area contributed by atoms with E-state index in [4.69, 9.17) is 9.47 Å². The summed E-state index contributed by atoms with van der Waals surface area (Å²) in [7, 11) is 0. The van der Waals surface area contributed by atoms with E-state index in [0.29, 0.717) is 39.1 Å². The molecule has 1 atom stereocenters. The van der Waals surface area contributed by atoms with Crippen LogP contribution in [0.15, 0.2) is 24.3 Å². The zero-order chi connectivity index (χ0) is 17.4. The predicted molar refractivity (Wildman–Crippen MR) is 87.3 cm³/mol. The van der Waals surface area contributed by atoms with E-state index in [-0.39, 0.29) is 30.5 Å². The maximum Gasteiger partial charge on any atom is 0.228 e. The maximum absolute atomic E-state index is 13.9. The number of halogens is 1. The van der Waals surface area contributed by atoms with Crippen molar-refractivity contribution in [2.24, 2.45) is 5.92 Å². The number of carbonyl (C=O) groups is 2. The van der Waals surface area contributed by atoms with Gasteiger partial charge in [-0.05, 0) is 12.1 Å². The minimum Gasteiger partial charge on any atom is -0.347 e. The van der Waals surface area contributed by atoms with Crippen LogP contribution in [0.25, 0.3) is 0 Å². The Hall–Kier alpha value is -1.99. The van der Waals surface area contributed by atoms with Crippen LogP contribution in [0.2, 0.25) is 0 Å². The van der Waals surface area contributed by atoms with Crippen LogP contribution in [0.5, 0.6) is 0 Å². The number of rotatable bonds is 2. The largest absolute Gasteiger partial charge is 0.347 e. The lowest BCUT2D eigenvalue weighted by Crippen LogP contribution is -2.49. The van der Waals surface area contributed by atoms with Crippen molar-refractivity contribution in [2.45, 2.75) is 25.0 Å². The predicted octanol–water partition coefficient (Wildman–Crippen LogP) is 1.54. The molecule has 1 aromatic rings. The quantitative estimate of drug-likeness (QED) is 0.814. The SMILES string of the molecule is O=C([C@@H]1CC(=O)N(c2ccccc2F)C1)N1CCC2(CC1)OCCO2. The number of piperidine rings is 1. The molecule has 0 saturated carbocycles. The molecule has 1 aromatic carbocycles. The number of hydrogen-bond acceptors (Lipinski definition) is 4. The molecule has 25 heavy (non-hydrogen) atoms. The molecule has 3 heterocycles. The number of benzene rings is 1. The van der Waals surface area contributed by atoms with Crippen LogP contribution in [0.4, 0.5) is 10.1 Å². The van der Waals surface area contributed by atoms with E-state index < -0.39 is 17.5 Å². The molecule has 3 aliphatic rings. The Morgan fingerprint density at radius 3 is 2.52 bits per heavy atom. The first-order chi connectivity index (χ1) is 12.1. The van der Waals surface area contributed by atoms with Crippen molar-refractivity contribution in [1.82, 2.24) is 4.90 Å². The van der Waals surface area contributed by atoms with Gasteiger partial charge in [-0.3, -0.25) is 9.59 Å². The third kappa shape index (κ3) is 3.02. The molecular weight excluding hydrogens is 327 g/mol. The highest BCUT2D eigenvalue weighted by Crippen LogP contribution is 2.33. The van der Waals surface area contributed by atoms with E-state index in [1.807, 2.05) is 0 Å². The molecule has 0 aromatic heterocycles. The minimum absolute atomic E-state index is 0.0416. The topological polar surface area (TPSA) is 59.1 Å². The zero-order valence-electron chi connectivity index (χ0n) is 13.9. The second-order valence-corrected chi connectivity index (χ2v) is 6.79. The summed E-state index contributed by atoms with van der Waals surface area (Å²) in [4.78, 5) is 28.2. The van der Waals surface area contributed by atoms with Crippen LogP contribution in [0.3, 0.4) is 0 Å². The maximum atomic E-state index is 13.9. The molecule has 2 amide bonds. The monoisotopic (exact) mass is 348 g/mol. The smallest absolute Gasteiger partial charge is 0.228 e. The number of likely N-dealkylation sites (tertiary alicyclic amines) is 1. The van der Waals surface area contributed by atoms with Crippen molar-refractivity contribution < 1.29 is 23.5 Å². The first-order valence-electron chi connectivity index (χ1n) is 8.70. The number of para-hydroxylation sites is 1. The fourth-order valence-corrected chi connectivity index (χ4v) is 3.89. The Morgan fingerprint density at radius 1 is 1.16 bits per heavy atom. The van der Waals surface area contributed by atoms with Gasteiger partial charge in [0.2, 0.25) is 11.8 Å². The standard InChI is InChI=1S/C18H21FN2O4/c19-14-3-1-2-4-15(14)21-12-13(11-16(21)22)17(23)20-7-5-18(6-8-20)24-9-10-25-18/h1-4,13H,5-12H2/t13-/m1/s1. The number of amides is 2. The van der Waals surface area contributed by atoms with Crippen molar-refractivity contribution in [3.8, 4) is 0 Å². The molecule has 1 spiro atoms. The molecule has 0 N–H and O–H groups in total. The van der Waals surface area contributed by atoms with Crippen molar-refractivity contribution in [2.75, 3.05) is 37.7 Å². The van der Waals surface area contributed by atoms with E-state index in [0.717, 1.165) is 0 Å². The average Bonchev–Trinajstić information content (AvgIpc) is 3.23. The summed E-state index contributed by atoms with van der Waals surface area (Å²) in [6.45, 7) is 2.55. The Balaban J connectivity index is 1.40. The lowest BCUT2D eigenvalue weighted by atomic mass is 10.0. The van der Waals surface area contributed by atoms with Gasteiger partial charge in [-0.2, -0.15) is 0 Å². The zero-order valence-corrected chi connectivity index (χ0v) is 13.9. The third-order valence-corrected chi connectivity index (χ3v) is 5.27. The molecule has 7 heteroatoms. The van der Waals surface area contributed by atoms with Gasteiger partial charge in [0, 0.05) is 38.9 Å². The van der Waals surface area contributed by atoms with Crippen molar-refractivity contribution >= 4 is 17.5 Å². The van der Waals surface area contributed by atoms with Crippen LogP contribution >= 0.6 is 0 Å². The molecule has 3 aliphatic heterocycles. The number of anilines is 1. The summed E-state index contributed by atoms with van der Waals surface area (Å²) in [5.41, 5.74) is 0.244. The molecule has 0 aliphatic carbocycles. The van der Waals surface area contributed by atoms with Gasteiger partial charge in [-0.25, -0.2) is 4.39 Å². The fraction of sp³-hybridized carbons (Fsp3) is 0.556. The number of carbonyl (C=O) groups excluding carboxylic acids is 2. The fourth-order valence-electron chi connectivity index (χ4n) is 3.89. The summed E-state index contributed by atoms with van der Waals surface area (Å²) >= 11 is 0. The van der Waals surface area contributed by atoms with Crippen LogP contribution in [0.1, 0.15) is 19.3 Å². The summed E-state index contributed by atoms with van der Waals surface area (Å²) in [6, 6.07) is 6.16. The Morgan fingerprint density at radius 2 is 1.84 bits per heavy atom. The highest BCUT2D eigenvalue weighted by molar-refractivity contribution is 6.00. The Kier molecular flexibility index (Phi) is 4.21. The molecular formula is C18H21FN2O4. The van der Waals surface area contributed by atoms with Crippen LogP contribution in [-0.4, -0.2) is 55.3 Å². The van der Waals surface area contributed by atoms with Crippen molar-refractivity contribution in [3.05, 3.63) is 30.1 Å². The van der Waals surface area contributed by atoms with Crippen molar-refractivity contribution in [1.29, 1.82) is 0 Å². The average molecular weight is 348 g/mol.